The number of hydrogen-bond donors (Lipinski definition) is 1. The van der Waals surface area contributed by atoms with E-state index in [1.165, 1.54) is 5.56 Å². The average Bonchev–Trinajstić information content (AvgIpc) is 2.65. The van der Waals surface area contributed by atoms with E-state index in [1.807, 2.05) is 17.0 Å². The molecular formula is C16H23BrN2O. The van der Waals surface area contributed by atoms with Crippen molar-refractivity contribution in [2.24, 2.45) is 5.73 Å². The highest BCUT2D eigenvalue weighted by atomic mass is 79.9. The lowest BCUT2D eigenvalue weighted by atomic mass is 10.00. The van der Waals surface area contributed by atoms with Gasteiger partial charge in [-0.1, -0.05) is 28.1 Å². The molecule has 4 heteroatoms. The summed E-state index contributed by atoms with van der Waals surface area (Å²) in [6.45, 7) is 4.91. The van der Waals surface area contributed by atoms with Crippen molar-refractivity contribution in [3.63, 3.8) is 0 Å². The number of rotatable bonds is 4. The van der Waals surface area contributed by atoms with Crippen molar-refractivity contribution in [2.75, 3.05) is 6.54 Å². The predicted molar refractivity (Wildman–Crippen MR) is 85.5 cm³/mol. The molecule has 1 amide bonds. The lowest BCUT2D eigenvalue weighted by Crippen LogP contribution is -2.42. The van der Waals surface area contributed by atoms with Gasteiger partial charge in [-0.05, 0) is 50.8 Å². The van der Waals surface area contributed by atoms with Crippen molar-refractivity contribution in [1.29, 1.82) is 0 Å². The molecule has 1 aliphatic heterocycles. The summed E-state index contributed by atoms with van der Waals surface area (Å²) in [5, 5.41) is 0. The van der Waals surface area contributed by atoms with E-state index in [0.717, 1.165) is 23.7 Å². The minimum atomic E-state index is -0.0892. The molecule has 1 aliphatic rings. The minimum absolute atomic E-state index is 0.0892. The lowest BCUT2D eigenvalue weighted by molar-refractivity contribution is -0.134. The number of aryl methyl sites for hydroxylation is 1. The number of halogens is 1. The van der Waals surface area contributed by atoms with Crippen LogP contribution in [-0.2, 0) is 11.2 Å². The first-order valence-electron chi connectivity index (χ1n) is 7.19. The second-order valence-electron chi connectivity index (χ2n) is 6.26. The lowest BCUT2D eigenvalue weighted by Gasteiger charge is -2.31. The monoisotopic (exact) mass is 338 g/mol. The maximum Gasteiger partial charge on any atom is 0.223 e. The van der Waals surface area contributed by atoms with Crippen molar-refractivity contribution in [1.82, 2.24) is 4.90 Å². The van der Waals surface area contributed by atoms with Gasteiger partial charge in [-0.2, -0.15) is 0 Å². The van der Waals surface area contributed by atoms with Crippen molar-refractivity contribution in [3.05, 3.63) is 34.3 Å². The number of benzene rings is 1. The molecule has 1 fully saturated rings. The van der Waals surface area contributed by atoms with Crippen LogP contribution >= 0.6 is 15.9 Å². The highest BCUT2D eigenvalue weighted by Crippen LogP contribution is 2.28. The van der Waals surface area contributed by atoms with Gasteiger partial charge in [0.05, 0.1) is 0 Å². The van der Waals surface area contributed by atoms with Crippen LogP contribution in [0.1, 0.15) is 38.7 Å². The Morgan fingerprint density at radius 1 is 1.40 bits per heavy atom. The van der Waals surface area contributed by atoms with Crippen LogP contribution in [0.25, 0.3) is 0 Å². The van der Waals surface area contributed by atoms with E-state index in [2.05, 4.69) is 41.9 Å². The molecule has 1 aromatic carbocycles. The first kappa shape index (κ1) is 15.5. The van der Waals surface area contributed by atoms with E-state index in [4.69, 9.17) is 5.73 Å². The molecule has 110 valence electrons. The number of amides is 1. The third-order valence-corrected chi connectivity index (χ3v) is 4.51. The van der Waals surface area contributed by atoms with Gasteiger partial charge in [-0.15, -0.1) is 0 Å². The topological polar surface area (TPSA) is 46.3 Å². The van der Waals surface area contributed by atoms with Crippen molar-refractivity contribution < 1.29 is 4.79 Å². The quantitative estimate of drug-likeness (QED) is 0.916. The zero-order valence-electron chi connectivity index (χ0n) is 12.2. The van der Waals surface area contributed by atoms with E-state index in [1.54, 1.807) is 0 Å². The molecule has 1 aromatic rings. The third kappa shape index (κ3) is 3.83. The van der Waals surface area contributed by atoms with Crippen LogP contribution in [0.5, 0.6) is 0 Å². The van der Waals surface area contributed by atoms with E-state index < -0.39 is 0 Å². The van der Waals surface area contributed by atoms with Crippen LogP contribution in [0.4, 0.5) is 0 Å². The number of carbonyl (C=O) groups excluding carboxylic acids is 1. The average molecular weight is 339 g/mol. The Hall–Kier alpha value is -0.870. The predicted octanol–water partition coefficient (Wildman–Crippen LogP) is 3.11. The van der Waals surface area contributed by atoms with E-state index in [0.29, 0.717) is 13.0 Å². The number of likely N-dealkylation sites (tertiary alicyclic amines) is 1. The summed E-state index contributed by atoms with van der Waals surface area (Å²) in [5.41, 5.74) is 7.16. The molecule has 1 atom stereocenters. The molecule has 0 aromatic heterocycles. The summed E-state index contributed by atoms with van der Waals surface area (Å²) in [4.78, 5) is 14.3. The standard InChI is InChI=1S/C16H23BrN2O/c1-16(2)10-14(18)11-19(16)15(20)5-3-4-12-6-8-13(17)9-7-12/h6-9,14H,3-5,10-11,18H2,1-2H3. The fourth-order valence-corrected chi connectivity index (χ4v) is 3.23. The van der Waals surface area contributed by atoms with Crippen LogP contribution in [0.15, 0.2) is 28.7 Å². The first-order valence-corrected chi connectivity index (χ1v) is 7.98. The fourth-order valence-electron chi connectivity index (χ4n) is 2.97. The Bertz CT molecular complexity index is 470. The summed E-state index contributed by atoms with van der Waals surface area (Å²) in [6.07, 6.45) is 3.33. The highest BCUT2D eigenvalue weighted by Gasteiger charge is 2.39. The zero-order chi connectivity index (χ0) is 14.8. The van der Waals surface area contributed by atoms with Gasteiger partial charge in [0.1, 0.15) is 0 Å². The molecule has 1 unspecified atom stereocenters. The molecule has 0 radical (unpaired) electrons. The molecule has 0 bridgehead atoms. The van der Waals surface area contributed by atoms with E-state index >= 15 is 0 Å². The van der Waals surface area contributed by atoms with Crippen molar-refractivity contribution in [3.8, 4) is 0 Å². The van der Waals surface area contributed by atoms with E-state index in [-0.39, 0.29) is 17.5 Å². The number of nitrogens with two attached hydrogens (primary N) is 1. The molecule has 0 aliphatic carbocycles. The second-order valence-corrected chi connectivity index (χ2v) is 7.18. The van der Waals surface area contributed by atoms with Crippen molar-refractivity contribution >= 4 is 21.8 Å². The fraction of sp³-hybridized carbons (Fsp3) is 0.562. The third-order valence-electron chi connectivity index (χ3n) is 3.98. The largest absolute Gasteiger partial charge is 0.336 e. The van der Waals surface area contributed by atoms with Crippen LogP contribution in [0, 0.1) is 0 Å². The summed E-state index contributed by atoms with van der Waals surface area (Å²) < 4.78 is 1.09. The van der Waals surface area contributed by atoms with Crippen LogP contribution in [0.3, 0.4) is 0 Å². The first-order chi connectivity index (χ1) is 9.38. The number of carbonyl (C=O) groups is 1. The van der Waals surface area contributed by atoms with Gasteiger partial charge in [0, 0.05) is 29.0 Å². The van der Waals surface area contributed by atoms with Gasteiger partial charge in [0.25, 0.3) is 0 Å². The van der Waals surface area contributed by atoms with Gasteiger partial charge in [-0.3, -0.25) is 4.79 Å². The van der Waals surface area contributed by atoms with Gasteiger partial charge in [0.2, 0.25) is 5.91 Å². The van der Waals surface area contributed by atoms with Crippen LogP contribution in [-0.4, -0.2) is 28.9 Å². The Morgan fingerprint density at radius 2 is 2.05 bits per heavy atom. The second kappa shape index (κ2) is 6.27. The molecule has 2 rings (SSSR count). The van der Waals surface area contributed by atoms with Crippen molar-refractivity contribution in [2.45, 2.75) is 51.1 Å². The smallest absolute Gasteiger partial charge is 0.223 e. The molecule has 0 saturated carbocycles. The Morgan fingerprint density at radius 3 is 2.60 bits per heavy atom. The van der Waals surface area contributed by atoms with Gasteiger partial charge >= 0.3 is 0 Å². The summed E-state index contributed by atoms with van der Waals surface area (Å²) in [5.74, 6) is 0.236. The Balaban J connectivity index is 1.82. The molecule has 1 heterocycles. The molecular weight excluding hydrogens is 316 g/mol. The number of hydrogen-bond acceptors (Lipinski definition) is 2. The van der Waals surface area contributed by atoms with Crippen LogP contribution < -0.4 is 5.73 Å². The molecule has 20 heavy (non-hydrogen) atoms. The SMILES string of the molecule is CC1(C)CC(N)CN1C(=O)CCCc1ccc(Br)cc1. The zero-order valence-corrected chi connectivity index (χ0v) is 13.8. The highest BCUT2D eigenvalue weighted by molar-refractivity contribution is 9.10. The normalized spacial score (nSPS) is 21.2. The summed E-state index contributed by atoms with van der Waals surface area (Å²) >= 11 is 3.43. The molecule has 0 spiro atoms. The Kier molecular flexibility index (Phi) is 4.86. The summed E-state index contributed by atoms with van der Waals surface area (Å²) in [7, 11) is 0. The summed E-state index contributed by atoms with van der Waals surface area (Å²) in [6, 6.07) is 8.41. The maximum atomic E-state index is 12.3. The number of nitrogens with zero attached hydrogens (tertiary/aromatic N) is 1. The Labute approximate surface area is 129 Å². The minimum Gasteiger partial charge on any atom is -0.336 e. The van der Waals surface area contributed by atoms with Gasteiger partial charge in [0.15, 0.2) is 0 Å². The van der Waals surface area contributed by atoms with Crippen LogP contribution in [0.2, 0.25) is 0 Å². The molecule has 3 nitrogen and oxygen atoms in total. The van der Waals surface area contributed by atoms with Gasteiger partial charge < -0.3 is 10.6 Å². The van der Waals surface area contributed by atoms with Gasteiger partial charge in [-0.25, -0.2) is 0 Å². The molecule has 2 N–H and O–H groups in total. The van der Waals surface area contributed by atoms with E-state index in [9.17, 15) is 4.79 Å². The maximum absolute atomic E-state index is 12.3. The molecule has 1 saturated heterocycles.